The summed E-state index contributed by atoms with van der Waals surface area (Å²) >= 11 is 3.26. The third-order valence-electron chi connectivity index (χ3n) is 4.44. The molecule has 0 radical (unpaired) electrons. The van der Waals surface area contributed by atoms with Gasteiger partial charge in [-0.05, 0) is 66.2 Å². The number of hydrogen-bond donors (Lipinski definition) is 1. The first-order chi connectivity index (χ1) is 15.4. The zero-order valence-electron chi connectivity index (χ0n) is 17.6. The summed E-state index contributed by atoms with van der Waals surface area (Å²) in [5.74, 6) is 0.0529. The van der Waals surface area contributed by atoms with Gasteiger partial charge in [-0.25, -0.2) is 14.4 Å². The minimum absolute atomic E-state index is 0. The number of hydrogen-bond acceptors (Lipinski definition) is 6. The predicted octanol–water partition coefficient (Wildman–Crippen LogP) is 5.68. The molecular formula is C22H19BrClFN6O2. The Morgan fingerprint density at radius 3 is 2.67 bits per heavy atom. The number of amides is 1. The van der Waals surface area contributed by atoms with Crippen molar-refractivity contribution in [3.63, 3.8) is 0 Å². The van der Waals surface area contributed by atoms with Crippen LogP contribution < -0.4 is 10.1 Å². The van der Waals surface area contributed by atoms with Gasteiger partial charge in [-0.1, -0.05) is 12.1 Å². The van der Waals surface area contributed by atoms with Crippen molar-refractivity contribution < 1.29 is 13.9 Å². The number of benzene rings is 1. The van der Waals surface area contributed by atoms with Crippen molar-refractivity contribution in [2.24, 2.45) is 0 Å². The van der Waals surface area contributed by atoms with Crippen LogP contribution in [0.25, 0.3) is 11.5 Å². The van der Waals surface area contributed by atoms with Crippen LogP contribution in [0, 0.1) is 5.82 Å². The van der Waals surface area contributed by atoms with Crippen LogP contribution in [0.5, 0.6) is 11.6 Å². The van der Waals surface area contributed by atoms with Gasteiger partial charge in [0.25, 0.3) is 5.91 Å². The van der Waals surface area contributed by atoms with Crippen molar-refractivity contribution in [2.75, 3.05) is 5.32 Å². The second-order valence-corrected chi connectivity index (χ2v) is 7.87. The van der Waals surface area contributed by atoms with Crippen LogP contribution in [-0.4, -0.2) is 30.6 Å². The predicted molar refractivity (Wildman–Crippen MR) is 127 cm³/mol. The van der Waals surface area contributed by atoms with E-state index < -0.39 is 11.7 Å². The van der Waals surface area contributed by atoms with Gasteiger partial charge in [-0.2, -0.15) is 0 Å². The Hall–Kier alpha value is -3.37. The number of halogens is 3. The monoisotopic (exact) mass is 532 g/mol. The highest BCUT2D eigenvalue weighted by molar-refractivity contribution is 9.10. The van der Waals surface area contributed by atoms with Gasteiger partial charge < -0.3 is 14.6 Å². The van der Waals surface area contributed by atoms with Crippen molar-refractivity contribution >= 4 is 40.1 Å². The molecule has 0 aliphatic carbocycles. The first-order valence-corrected chi connectivity index (χ1v) is 10.5. The first kappa shape index (κ1) is 24.3. The molecule has 0 aliphatic rings. The second-order valence-electron chi connectivity index (χ2n) is 7.06. The van der Waals surface area contributed by atoms with E-state index >= 15 is 0 Å². The van der Waals surface area contributed by atoms with Crippen LogP contribution in [0.4, 0.5) is 10.2 Å². The maximum Gasteiger partial charge on any atom is 0.259 e. The number of nitrogens with zero attached hydrogens (tertiary/aromatic N) is 5. The lowest BCUT2D eigenvalue weighted by atomic mass is 10.2. The molecule has 0 fully saturated rings. The van der Waals surface area contributed by atoms with Gasteiger partial charge in [0.2, 0.25) is 5.88 Å². The van der Waals surface area contributed by atoms with Crippen molar-refractivity contribution in [3.8, 4) is 23.1 Å². The van der Waals surface area contributed by atoms with Gasteiger partial charge >= 0.3 is 0 Å². The van der Waals surface area contributed by atoms with E-state index in [9.17, 15) is 9.18 Å². The third-order valence-corrected chi connectivity index (χ3v) is 4.89. The molecule has 4 rings (SSSR count). The maximum absolute atomic E-state index is 14.4. The number of rotatable bonds is 6. The standard InChI is InChI=1S/C22H18BrFN6O2.ClH/c1-13(2)30-12-25-29-21(30)17-5-3-7-19(26-17)28-22(31)15-11-14(9-10-16(15)24)32-20-8-4-6-18(23)27-20;/h3-13H,1-2H3,(H,26,28,31);1H. The van der Waals surface area contributed by atoms with Crippen molar-refractivity contribution in [1.82, 2.24) is 24.7 Å². The molecule has 0 saturated heterocycles. The van der Waals surface area contributed by atoms with Gasteiger partial charge in [0.15, 0.2) is 5.82 Å². The molecule has 33 heavy (non-hydrogen) atoms. The lowest BCUT2D eigenvalue weighted by Gasteiger charge is -2.11. The Morgan fingerprint density at radius 2 is 1.91 bits per heavy atom. The molecule has 11 heteroatoms. The summed E-state index contributed by atoms with van der Waals surface area (Å²) in [6.07, 6.45) is 1.62. The van der Waals surface area contributed by atoms with E-state index in [1.165, 1.54) is 12.1 Å². The second kappa shape index (κ2) is 10.5. The Kier molecular flexibility index (Phi) is 7.72. The highest BCUT2D eigenvalue weighted by Gasteiger charge is 2.16. The fourth-order valence-corrected chi connectivity index (χ4v) is 3.25. The van der Waals surface area contributed by atoms with E-state index in [4.69, 9.17) is 4.74 Å². The maximum atomic E-state index is 14.4. The average molecular weight is 534 g/mol. The molecule has 0 aliphatic heterocycles. The Morgan fingerprint density at radius 1 is 1.12 bits per heavy atom. The van der Waals surface area contributed by atoms with Crippen LogP contribution in [0.15, 0.2) is 65.5 Å². The summed E-state index contributed by atoms with van der Waals surface area (Å²) in [7, 11) is 0. The molecule has 3 heterocycles. The van der Waals surface area contributed by atoms with Crippen LogP contribution in [0.1, 0.15) is 30.2 Å². The molecule has 1 aromatic carbocycles. The van der Waals surface area contributed by atoms with E-state index in [1.807, 2.05) is 18.4 Å². The number of ether oxygens (including phenoxy) is 1. The molecular weight excluding hydrogens is 515 g/mol. The fourth-order valence-electron chi connectivity index (χ4n) is 2.93. The zero-order valence-corrected chi connectivity index (χ0v) is 20.0. The minimum atomic E-state index is -0.687. The third kappa shape index (κ3) is 5.71. The molecule has 1 amide bonds. The van der Waals surface area contributed by atoms with Gasteiger partial charge in [0, 0.05) is 12.1 Å². The van der Waals surface area contributed by atoms with E-state index in [0.29, 0.717) is 22.0 Å². The molecule has 0 atom stereocenters. The molecule has 1 N–H and O–H groups in total. The lowest BCUT2D eigenvalue weighted by Crippen LogP contribution is -2.15. The Labute approximate surface area is 203 Å². The van der Waals surface area contributed by atoms with Gasteiger partial charge in [0.05, 0.1) is 5.56 Å². The molecule has 170 valence electrons. The van der Waals surface area contributed by atoms with E-state index in [1.54, 1.807) is 42.7 Å². The van der Waals surface area contributed by atoms with Gasteiger partial charge in [-0.3, -0.25) is 4.79 Å². The molecule has 8 nitrogen and oxygen atoms in total. The largest absolute Gasteiger partial charge is 0.439 e. The number of pyridine rings is 2. The number of carbonyl (C=O) groups excluding carboxylic acids is 1. The van der Waals surface area contributed by atoms with E-state index in [-0.39, 0.29) is 35.6 Å². The highest BCUT2D eigenvalue weighted by atomic mass is 79.9. The molecule has 0 spiro atoms. The average Bonchev–Trinajstić information content (AvgIpc) is 3.26. The molecule has 3 aromatic heterocycles. The summed E-state index contributed by atoms with van der Waals surface area (Å²) in [6, 6.07) is 14.3. The van der Waals surface area contributed by atoms with Crippen LogP contribution in [0.2, 0.25) is 0 Å². The fraction of sp³-hybridized carbons (Fsp3) is 0.136. The van der Waals surface area contributed by atoms with Crippen molar-refractivity contribution in [1.29, 1.82) is 0 Å². The molecule has 0 bridgehead atoms. The Bertz CT molecular complexity index is 1280. The van der Waals surface area contributed by atoms with Crippen molar-refractivity contribution in [3.05, 3.63) is 76.9 Å². The topological polar surface area (TPSA) is 94.8 Å². The minimum Gasteiger partial charge on any atom is -0.439 e. The summed E-state index contributed by atoms with van der Waals surface area (Å²) in [4.78, 5) is 21.4. The number of anilines is 1. The SMILES string of the molecule is CC(C)n1cnnc1-c1cccc(NC(=O)c2cc(Oc3cccc(Br)n3)ccc2F)n1.Cl. The summed E-state index contributed by atoms with van der Waals surface area (Å²) in [5.41, 5.74) is 0.349. The van der Waals surface area contributed by atoms with Crippen LogP contribution in [-0.2, 0) is 0 Å². The van der Waals surface area contributed by atoms with Gasteiger partial charge in [0.1, 0.15) is 34.0 Å². The number of nitrogens with one attached hydrogen (secondary N) is 1. The first-order valence-electron chi connectivity index (χ1n) is 9.69. The number of carbonyl (C=O) groups is 1. The normalized spacial score (nSPS) is 10.6. The zero-order chi connectivity index (χ0) is 22.7. The summed E-state index contributed by atoms with van der Waals surface area (Å²) < 4.78 is 22.5. The molecule has 4 aromatic rings. The van der Waals surface area contributed by atoms with E-state index in [0.717, 1.165) is 6.07 Å². The quantitative estimate of drug-likeness (QED) is 0.320. The summed E-state index contributed by atoms with van der Waals surface area (Å²) in [5, 5.41) is 10.7. The smallest absolute Gasteiger partial charge is 0.259 e. The van der Waals surface area contributed by atoms with Crippen LogP contribution >= 0.6 is 28.3 Å². The Balaban J connectivity index is 0.00000306. The van der Waals surface area contributed by atoms with E-state index in [2.05, 4.69) is 41.4 Å². The lowest BCUT2D eigenvalue weighted by molar-refractivity contribution is 0.102. The van der Waals surface area contributed by atoms with Crippen LogP contribution in [0.3, 0.4) is 0 Å². The van der Waals surface area contributed by atoms with Gasteiger partial charge in [-0.15, -0.1) is 22.6 Å². The highest BCUT2D eigenvalue weighted by Crippen LogP contribution is 2.25. The molecule has 0 unspecified atom stereocenters. The summed E-state index contributed by atoms with van der Waals surface area (Å²) in [6.45, 7) is 4.00. The molecule has 0 saturated carbocycles. The number of aromatic nitrogens is 5. The van der Waals surface area contributed by atoms with Crippen molar-refractivity contribution in [2.45, 2.75) is 19.9 Å².